The Morgan fingerprint density at radius 3 is 2.17 bits per heavy atom. The largest absolute Gasteiger partial charge is 0.356 e. The zero-order chi connectivity index (χ0) is 32.2. The van der Waals surface area contributed by atoms with Gasteiger partial charge in [0.25, 0.3) is 0 Å². The van der Waals surface area contributed by atoms with Crippen molar-refractivity contribution in [3.8, 4) is 6.07 Å². The van der Waals surface area contributed by atoms with Crippen LogP contribution in [0.4, 0.5) is 8.78 Å². The van der Waals surface area contributed by atoms with E-state index in [0.717, 1.165) is 37.5 Å². The lowest BCUT2D eigenvalue weighted by Gasteiger charge is -2.29. The summed E-state index contributed by atoms with van der Waals surface area (Å²) in [6.07, 6.45) is 5.54. The topological polar surface area (TPSA) is 87.0 Å². The van der Waals surface area contributed by atoms with E-state index in [0.29, 0.717) is 18.4 Å². The second kappa shape index (κ2) is 21.8. The number of ketones is 1. The third-order valence-corrected chi connectivity index (χ3v) is 7.72. The average Bonchev–Trinajstić information content (AvgIpc) is 3.56. The van der Waals surface area contributed by atoms with Gasteiger partial charge in [0, 0.05) is 25.3 Å². The lowest BCUT2D eigenvalue weighted by molar-refractivity contribution is -0.123. The third kappa shape index (κ3) is 16.2. The van der Waals surface area contributed by atoms with Crippen LogP contribution in [0.15, 0.2) is 23.8 Å². The number of rotatable bonds is 8. The Morgan fingerprint density at radius 2 is 1.80 bits per heavy atom. The molecule has 3 atom stereocenters. The highest BCUT2D eigenvalue weighted by molar-refractivity contribution is 6.00. The van der Waals surface area contributed by atoms with Crippen LogP contribution in [0.2, 0.25) is 0 Å². The Balaban J connectivity index is 0. The molecule has 0 aromatic heterocycles. The zero-order valence-electron chi connectivity index (χ0n) is 27.1. The summed E-state index contributed by atoms with van der Waals surface area (Å²) in [5, 5.41) is 11.4. The van der Waals surface area contributed by atoms with Crippen LogP contribution in [-0.2, 0) is 20.8 Å². The normalized spacial score (nSPS) is 16.2. The molecule has 1 saturated heterocycles. The summed E-state index contributed by atoms with van der Waals surface area (Å²) in [4.78, 5) is 32.5. The molecule has 0 spiro atoms. The fraction of sp³-hybridized carbons (Fsp3) is 0.647. The molecule has 41 heavy (non-hydrogen) atoms. The molecule has 1 fully saturated rings. The van der Waals surface area contributed by atoms with E-state index in [9.17, 15) is 23.2 Å². The summed E-state index contributed by atoms with van der Waals surface area (Å²) in [6.45, 7) is 20.8. The van der Waals surface area contributed by atoms with Crippen LogP contribution in [0.5, 0.6) is 0 Å². The SMILES string of the molecule is CC.CC(=O)C1=Cc2c(C)cccc2C1.CC(F)F.CCC(C)C(C)(C)CC.N#CC(CC=O)CC1CCNC1=O. The number of nitrogens with one attached hydrogen (secondary N) is 1. The Hall–Kier alpha value is -2.88. The number of fused-ring (bicyclic) bond motifs is 1. The average molecular weight is 577 g/mol. The Morgan fingerprint density at radius 1 is 1.22 bits per heavy atom. The first-order valence-corrected chi connectivity index (χ1v) is 14.9. The highest BCUT2D eigenvalue weighted by Crippen LogP contribution is 2.31. The minimum atomic E-state index is -2.17. The molecule has 1 aliphatic heterocycles. The van der Waals surface area contributed by atoms with Gasteiger partial charge in [0.05, 0.1) is 12.0 Å². The van der Waals surface area contributed by atoms with Crippen LogP contribution >= 0.6 is 0 Å². The summed E-state index contributed by atoms with van der Waals surface area (Å²) < 4.78 is 20.7. The second-order valence-electron chi connectivity index (χ2n) is 11.0. The highest BCUT2D eigenvalue weighted by atomic mass is 19.3. The van der Waals surface area contributed by atoms with E-state index in [1.165, 1.54) is 29.5 Å². The van der Waals surface area contributed by atoms with Crippen molar-refractivity contribution in [3.63, 3.8) is 0 Å². The number of benzene rings is 1. The number of aldehydes is 1. The fourth-order valence-electron chi connectivity index (χ4n) is 4.19. The number of aryl methyl sites for hydroxylation is 1. The lowest BCUT2D eigenvalue weighted by Crippen LogP contribution is -2.20. The van der Waals surface area contributed by atoms with E-state index in [1.54, 1.807) is 6.92 Å². The minimum absolute atomic E-state index is 0.0196. The summed E-state index contributed by atoms with van der Waals surface area (Å²) in [6, 6.07) is 8.26. The van der Waals surface area contributed by atoms with Gasteiger partial charge >= 0.3 is 0 Å². The number of carbonyl (C=O) groups is 3. The van der Waals surface area contributed by atoms with Gasteiger partial charge in [-0.1, -0.05) is 79.5 Å². The van der Waals surface area contributed by atoms with E-state index < -0.39 is 6.43 Å². The van der Waals surface area contributed by atoms with Gasteiger partial charge in [-0.3, -0.25) is 9.59 Å². The van der Waals surface area contributed by atoms with Gasteiger partial charge in [-0.25, -0.2) is 8.78 Å². The van der Waals surface area contributed by atoms with Crippen molar-refractivity contribution in [3.05, 3.63) is 40.5 Å². The summed E-state index contributed by atoms with van der Waals surface area (Å²) in [5.41, 5.74) is 5.27. The zero-order valence-corrected chi connectivity index (χ0v) is 27.1. The van der Waals surface area contributed by atoms with Crippen molar-refractivity contribution in [2.24, 2.45) is 23.2 Å². The molecule has 1 N–H and O–H groups in total. The predicted molar refractivity (Wildman–Crippen MR) is 166 cm³/mol. The van der Waals surface area contributed by atoms with Crippen LogP contribution in [0, 0.1) is 41.4 Å². The van der Waals surface area contributed by atoms with Crippen LogP contribution in [0.25, 0.3) is 6.08 Å². The van der Waals surface area contributed by atoms with Crippen molar-refractivity contribution < 1.29 is 23.2 Å². The van der Waals surface area contributed by atoms with Crippen LogP contribution in [-0.4, -0.2) is 30.9 Å². The minimum Gasteiger partial charge on any atom is -0.356 e. The number of amides is 1. The second-order valence-corrected chi connectivity index (χ2v) is 11.0. The molecule has 3 unspecified atom stereocenters. The summed E-state index contributed by atoms with van der Waals surface area (Å²) in [7, 11) is 0. The van der Waals surface area contributed by atoms with Crippen molar-refractivity contribution in [2.75, 3.05) is 6.54 Å². The molecule has 0 bridgehead atoms. The fourth-order valence-corrected chi connectivity index (χ4v) is 4.19. The van der Waals surface area contributed by atoms with Crippen LogP contribution in [0.3, 0.4) is 0 Å². The van der Waals surface area contributed by atoms with E-state index in [-0.39, 0.29) is 29.9 Å². The van der Waals surface area contributed by atoms with Crippen molar-refractivity contribution >= 4 is 24.1 Å². The number of allylic oxidation sites excluding steroid dienone is 1. The van der Waals surface area contributed by atoms with E-state index >= 15 is 0 Å². The van der Waals surface area contributed by atoms with Crippen molar-refractivity contribution in [1.82, 2.24) is 5.32 Å². The van der Waals surface area contributed by atoms with Gasteiger partial charge in [0.2, 0.25) is 12.3 Å². The molecule has 1 aliphatic carbocycles. The molecule has 0 radical (unpaired) electrons. The van der Waals surface area contributed by atoms with Crippen LogP contribution < -0.4 is 5.32 Å². The smallest absolute Gasteiger partial charge is 0.235 e. The maximum Gasteiger partial charge on any atom is 0.235 e. The van der Waals surface area contributed by atoms with Gasteiger partial charge in [0.1, 0.15) is 6.29 Å². The van der Waals surface area contributed by atoms with Crippen molar-refractivity contribution in [2.45, 2.75) is 114 Å². The highest BCUT2D eigenvalue weighted by Gasteiger charge is 2.27. The van der Waals surface area contributed by atoms with Gasteiger partial charge in [0.15, 0.2) is 5.78 Å². The van der Waals surface area contributed by atoms with Gasteiger partial charge in [-0.2, -0.15) is 5.26 Å². The van der Waals surface area contributed by atoms with Crippen LogP contribution in [0.1, 0.15) is 111 Å². The molecule has 232 valence electrons. The quantitative estimate of drug-likeness (QED) is 0.314. The first-order valence-electron chi connectivity index (χ1n) is 14.9. The first-order chi connectivity index (χ1) is 19.2. The number of hydrogen-bond donors (Lipinski definition) is 1. The predicted octanol–water partition coefficient (Wildman–Crippen LogP) is 8.53. The van der Waals surface area contributed by atoms with Crippen molar-refractivity contribution in [1.29, 1.82) is 5.26 Å². The summed E-state index contributed by atoms with van der Waals surface area (Å²) >= 11 is 0. The maximum atomic E-state index is 11.2. The molecule has 2 aliphatic rings. The molecule has 1 amide bonds. The number of alkyl halides is 2. The third-order valence-electron chi connectivity index (χ3n) is 7.72. The molecule has 3 rings (SSSR count). The molecular weight excluding hydrogens is 522 g/mol. The molecule has 1 aromatic carbocycles. The lowest BCUT2D eigenvalue weighted by atomic mass is 9.77. The molecule has 0 saturated carbocycles. The number of carbonyl (C=O) groups excluding carboxylic acids is 3. The first kappa shape index (κ1) is 40.3. The molecule has 7 heteroatoms. The standard InChI is InChI=1S/C12H12O.C9H12N2O2.C9H20.C2H4F2.C2H6/c1-8-4-3-5-10-6-11(9(2)13)7-12(8)10;10-6-7(2-4-12)5-8-1-3-11-9(8)13;1-6-8(3)9(4,5)7-2;1-2(3)4;1-2/h3-5,7H,6H2,1-2H3;4,7-8H,1-3,5H2,(H,11,13);8H,6-7H2,1-5H3;2H,1H3;1-2H3. The Labute approximate surface area is 248 Å². The number of nitrogens with zero attached hydrogens (tertiary/aromatic N) is 1. The number of hydrogen-bond acceptors (Lipinski definition) is 4. The number of nitriles is 1. The van der Waals surface area contributed by atoms with E-state index in [4.69, 9.17) is 5.26 Å². The Kier molecular flexibility index (Phi) is 21.4. The van der Waals surface area contributed by atoms with E-state index in [1.807, 2.05) is 32.1 Å². The molecular formula is C34H54F2N2O3. The maximum absolute atomic E-state index is 11.2. The van der Waals surface area contributed by atoms with Gasteiger partial charge in [-0.05, 0) is 73.3 Å². The Bertz CT molecular complexity index is 993. The summed E-state index contributed by atoms with van der Waals surface area (Å²) in [5.74, 6) is 0.709. The molecule has 1 heterocycles. The number of Topliss-reactive ketones (excluding diaryl/α,β-unsaturated/α-hetero) is 1. The van der Waals surface area contributed by atoms with E-state index in [2.05, 4.69) is 59.0 Å². The number of halogens is 2. The molecule has 1 aromatic rings. The monoisotopic (exact) mass is 576 g/mol. The van der Waals surface area contributed by atoms with Gasteiger partial charge in [-0.15, -0.1) is 0 Å². The van der Waals surface area contributed by atoms with Gasteiger partial charge < -0.3 is 10.1 Å². The molecule has 5 nitrogen and oxygen atoms in total.